The zero-order valence-corrected chi connectivity index (χ0v) is 18.8. The van der Waals surface area contributed by atoms with Gasteiger partial charge in [0.25, 0.3) is 0 Å². The number of guanidine groups is 1. The van der Waals surface area contributed by atoms with Crippen LogP contribution in [0.1, 0.15) is 34.6 Å². The molecule has 0 aromatic heterocycles. The number of amides is 1. The van der Waals surface area contributed by atoms with Crippen LogP contribution in [0.3, 0.4) is 0 Å². The molecular weight excluding hydrogens is 435 g/mol. The zero-order chi connectivity index (χ0) is 18.2. The number of hydrogen-bond acceptors (Lipinski definition) is 4. The highest BCUT2D eigenvalue weighted by Crippen LogP contribution is 2.22. The molecule has 8 heteroatoms. The second-order valence-corrected chi connectivity index (χ2v) is 6.96. The van der Waals surface area contributed by atoms with Gasteiger partial charge in [0.05, 0.1) is 19.3 Å². The lowest BCUT2D eigenvalue weighted by molar-refractivity contribution is 0.0239. The summed E-state index contributed by atoms with van der Waals surface area (Å²) in [5.74, 6) is 0.882. The van der Waals surface area contributed by atoms with Gasteiger partial charge in [0, 0.05) is 39.8 Å². The highest BCUT2D eigenvalue weighted by molar-refractivity contribution is 14.0. The van der Waals surface area contributed by atoms with E-state index in [4.69, 9.17) is 14.5 Å². The number of methoxy groups -OCH3 is 1. The number of nitrogens with one attached hydrogen (secondary N) is 1. The summed E-state index contributed by atoms with van der Waals surface area (Å²) in [5.41, 5.74) is 0.0399. The van der Waals surface area contributed by atoms with Crippen LogP contribution in [0.2, 0.25) is 0 Å². The number of carbonyl (C=O) groups is 1. The van der Waals surface area contributed by atoms with Crippen LogP contribution in [0.25, 0.3) is 0 Å². The molecule has 1 amide bonds. The summed E-state index contributed by atoms with van der Waals surface area (Å²) in [5, 5.41) is 3.34. The van der Waals surface area contributed by atoms with E-state index in [9.17, 15) is 4.79 Å². The molecule has 1 aliphatic rings. The number of nitrogens with zero attached hydrogens (tertiary/aromatic N) is 3. The van der Waals surface area contributed by atoms with Crippen molar-refractivity contribution in [1.29, 1.82) is 0 Å². The van der Waals surface area contributed by atoms with Crippen LogP contribution in [0.4, 0.5) is 4.79 Å². The molecule has 1 N–H and O–H groups in total. The molecule has 0 aromatic rings. The Morgan fingerprint density at radius 3 is 2.16 bits per heavy atom. The van der Waals surface area contributed by atoms with Gasteiger partial charge in [0.1, 0.15) is 0 Å². The Labute approximate surface area is 169 Å². The summed E-state index contributed by atoms with van der Waals surface area (Å²) in [6.45, 7) is 15.0. The standard InChI is InChI=1S/C17H34N4O3.HI/c1-7-18-15(19-13-14(23-6)17(3,4)5)20-9-11-21(12-10-20)16(22)24-8-2;/h14H,7-13H2,1-6H3,(H,18,19);1H. The Kier molecular flexibility index (Phi) is 11.4. The monoisotopic (exact) mass is 470 g/mol. The number of rotatable bonds is 5. The third kappa shape index (κ3) is 7.98. The molecule has 1 aliphatic heterocycles. The fourth-order valence-electron chi connectivity index (χ4n) is 2.61. The third-order valence-electron chi connectivity index (χ3n) is 4.10. The average Bonchev–Trinajstić information content (AvgIpc) is 2.53. The predicted molar refractivity (Wildman–Crippen MR) is 112 cm³/mol. The predicted octanol–water partition coefficient (Wildman–Crippen LogP) is 2.41. The van der Waals surface area contributed by atoms with Crippen molar-refractivity contribution in [2.24, 2.45) is 10.4 Å². The van der Waals surface area contributed by atoms with Crippen molar-refractivity contribution in [3.8, 4) is 0 Å². The Morgan fingerprint density at radius 1 is 1.16 bits per heavy atom. The first kappa shape index (κ1) is 24.2. The van der Waals surface area contributed by atoms with Gasteiger partial charge in [-0.25, -0.2) is 4.79 Å². The summed E-state index contributed by atoms with van der Waals surface area (Å²) in [6, 6.07) is 0. The van der Waals surface area contributed by atoms with Crippen molar-refractivity contribution < 1.29 is 14.3 Å². The van der Waals surface area contributed by atoms with E-state index in [1.165, 1.54) is 0 Å². The fraction of sp³-hybridized carbons (Fsp3) is 0.882. The maximum Gasteiger partial charge on any atom is 0.409 e. The Hall–Kier alpha value is -0.770. The fourth-order valence-corrected chi connectivity index (χ4v) is 2.61. The van der Waals surface area contributed by atoms with Gasteiger partial charge < -0.3 is 24.6 Å². The Morgan fingerprint density at radius 2 is 1.72 bits per heavy atom. The van der Waals surface area contributed by atoms with Gasteiger partial charge in [-0.3, -0.25) is 4.99 Å². The quantitative estimate of drug-likeness (QED) is 0.380. The molecule has 1 unspecified atom stereocenters. The maximum absolute atomic E-state index is 11.8. The molecule has 1 saturated heterocycles. The summed E-state index contributed by atoms with van der Waals surface area (Å²) < 4.78 is 10.6. The van der Waals surface area contributed by atoms with Crippen LogP contribution in [0.15, 0.2) is 4.99 Å². The van der Waals surface area contributed by atoms with Gasteiger partial charge in [0.15, 0.2) is 5.96 Å². The lowest BCUT2D eigenvalue weighted by Gasteiger charge is -2.36. The Bertz CT molecular complexity index is 419. The van der Waals surface area contributed by atoms with Gasteiger partial charge in [-0.15, -0.1) is 24.0 Å². The van der Waals surface area contributed by atoms with E-state index in [1.807, 2.05) is 6.92 Å². The van der Waals surface area contributed by atoms with Gasteiger partial charge in [0.2, 0.25) is 0 Å². The molecule has 0 spiro atoms. The minimum Gasteiger partial charge on any atom is -0.450 e. The van der Waals surface area contributed by atoms with Crippen molar-refractivity contribution in [2.45, 2.75) is 40.7 Å². The molecule has 0 bridgehead atoms. The normalized spacial score (nSPS) is 17.0. The largest absolute Gasteiger partial charge is 0.450 e. The molecule has 0 radical (unpaired) electrons. The number of halogens is 1. The van der Waals surface area contributed by atoms with E-state index in [0.29, 0.717) is 26.2 Å². The molecule has 1 fully saturated rings. The van der Waals surface area contributed by atoms with Crippen LogP contribution in [-0.2, 0) is 9.47 Å². The summed E-state index contributed by atoms with van der Waals surface area (Å²) >= 11 is 0. The topological polar surface area (TPSA) is 66.4 Å². The van der Waals surface area contributed by atoms with E-state index in [0.717, 1.165) is 25.6 Å². The number of piperazine rings is 1. The number of carbonyl (C=O) groups excluding carboxylic acids is 1. The minimum atomic E-state index is -0.230. The average molecular weight is 470 g/mol. The molecule has 25 heavy (non-hydrogen) atoms. The highest BCUT2D eigenvalue weighted by atomic mass is 127. The molecule has 0 saturated carbocycles. The second kappa shape index (κ2) is 11.8. The number of aliphatic imine (C=N–C) groups is 1. The molecule has 0 aliphatic carbocycles. The van der Waals surface area contributed by atoms with Crippen LogP contribution in [0.5, 0.6) is 0 Å². The Balaban J connectivity index is 0.00000576. The minimum absolute atomic E-state index is 0. The molecule has 1 heterocycles. The van der Waals surface area contributed by atoms with Crippen molar-refractivity contribution in [2.75, 3.05) is 53.0 Å². The maximum atomic E-state index is 11.8. The first-order chi connectivity index (χ1) is 11.3. The molecule has 148 valence electrons. The van der Waals surface area contributed by atoms with E-state index < -0.39 is 0 Å². The van der Waals surface area contributed by atoms with E-state index >= 15 is 0 Å². The van der Waals surface area contributed by atoms with Crippen LogP contribution in [0, 0.1) is 5.41 Å². The van der Waals surface area contributed by atoms with E-state index in [2.05, 4.69) is 37.9 Å². The summed E-state index contributed by atoms with van der Waals surface area (Å²) in [6.07, 6.45) is -0.168. The number of hydrogen-bond donors (Lipinski definition) is 1. The third-order valence-corrected chi connectivity index (χ3v) is 4.10. The molecule has 0 aromatic carbocycles. The smallest absolute Gasteiger partial charge is 0.409 e. The van der Waals surface area contributed by atoms with E-state index in [-0.39, 0.29) is 41.6 Å². The highest BCUT2D eigenvalue weighted by Gasteiger charge is 2.26. The van der Waals surface area contributed by atoms with Gasteiger partial charge >= 0.3 is 6.09 Å². The molecular formula is C17H35IN4O3. The first-order valence-electron chi connectivity index (χ1n) is 8.81. The molecule has 1 atom stereocenters. The van der Waals surface area contributed by atoms with Gasteiger partial charge in [-0.1, -0.05) is 20.8 Å². The lowest BCUT2D eigenvalue weighted by atomic mass is 9.89. The lowest BCUT2D eigenvalue weighted by Crippen LogP contribution is -2.54. The molecule has 7 nitrogen and oxygen atoms in total. The van der Waals surface area contributed by atoms with Gasteiger partial charge in [-0.2, -0.15) is 0 Å². The molecule has 1 rings (SSSR count). The van der Waals surface area contributed by atoms with Gasteiger partial charge in [-0.05, 0) is 19.3 Å². The van der Waals surface area contributed by atoms with Crippen molar-refractivity contribution in [3.63, 3.8) is 0 Å². The summed E-state index contributed by atoms with van der Waals surface area (Å²) in [7, 11) is 1.73. The van der Waals surface area contributed by atoms with Crippen LogP contribution >= 0.6 is 24.0 Å². The summed E-state index contributed by atoms with van der Waals surface area (Å²) in [4.78, 5) is 20.5. The second-order valence-electron chi connectivity index (χ2n) is 6.96. The first-order valence-corrected chi connectivity index (χ1v) is 8.81. The van der Waals surface area contributed by atoms with Crippen molar-refractivity contribution in [3.05, 3.63) is 0 Å². The van der Waals surface area contributed by atoms with E-state index in [1.54, 1.807) is 12.0 Å². The van der Waals surface area contributed by atoms with Crippen molar-refractivity contribution in [1.82, 2.24) is 15.1 Å². The van der Waals surface area contributed by atoms with Crippen LogP contribution < -0.4 is 5.32 Å². The zero-order valence-electron chi connectivity index (χ0n) is 16.5. The van der Waals surface area contributed by atoms with Crippen LogP contribution in [-0.4, -0.2) is 80.9 Å². The van der Waals surface area contributed by atoms with Crippen molar-refractivity contribution >= 4 is 36.0 Å². The SMILES string of the molecule is CCNC(=NCC(OC)C(C)(C)C)N1CCN(C(=O)OCC)CC1.I. The number of ether oxygens (including phenoxy) is 2.